The first-order valence-electron chi connectivity index (χ1n) is 5.71. The topological polar surface area (TPSA) is 18.5 Å². The summed E-state index contributed by atoms with van der Waals surface area (Å²) in [6.45, 7) is 2.28. The Morgan fingerprint density at radius 2 is 1.83 bits per heavy atom. The first-order chi connectivity index (χ1) is 8.70. The SMILES string of the molecule is COc1ccc(C)cc1COc1ccccc1F. The van der Waals surface area contributed by atoms with Crippen LogP contribution >= 0.6 is 0 Å². The lowest BCUT2D eigenvalue weighted by atomic mass is 10.1. The summed E-state index contributed by atoms with van der Waals surface area (Å²) in [6, 6.07) is 12.2. The van der Waals surface area contributed by atoms with Gasteiger partial charge < -0.3 is 9.47 Å². The zero-order valence-corrected chi connectivity index (χ0v) is 10.4. The minimum absolute atomic E-state index is 0.251. The van der Waals surface area contributed by atoms with Gasteiger partial charge in [0.05, 0.1) is 7.11 Å². The van der Waals surface area contributed by atoms with Crippen molar-refractivity contribution >= 4 is 0 Å². The van der Waals surface area contributed by atoms with Gasteiger partial charge in [0.1, 0.15) is 12.4 Å². The summed E-state index contributed by atoms with van der Waals surface area (Å²) in [5.74, 6) is 0.641. The van der Waals surface area contributed by atoms with E-state index in [1.807, 2.05) is 25.1 Å². The third kappa shape index (κ3) is 2.80. The molecule has 0 atom stereocenters. The highest BCUT2D eigenvalue weighted by molar-refractivity contribution is 5.37. The normalized spacial score (nSPS) is 10.2. The van der Waals surface area contributed by atoms with Crippen LogP contribution in [-0.4, -0.2) is 7.11 Å². The molecule has 0 fully saturated rings. The fraction of sp³-hybridized carbons (Fsp3) is 0.200. The van der Waals surface area contributed by atoms with Crippen LogP contribution in [0.2, 0.25) is 0 Å². The van der Waals surface area contributed by atoms with E-state index in [9.17, 15) is 4.39 Å². The molecule has 0 amide bonds. The van der Waals surface area contributed by atoms with Crippen LogP contribution in [0.25, 0.3) is 0 Å². The number of ether oxygens (including phenoxy) is 2. The molecule has 0 aliphatic carbocycles. The molecule has 0 spiro atoms. The van der Waals surface area contributed by atoms with E-state index in [1.54, 1.807) is 25.3 Å². The van der Waals surface area contributed by atoms with Crippen molar-refractivity contribution in [3.63, 3.8) is 0 Å². The van der Waals surface area contributed by atoms with E-state index < -0.39 is 0 Å². The van der Waals surface area contributed by atoms with Gasteiger partial charge in [-0.1, -0.05) is 23.8 Å². The molecule has 0 aromatic heterocycles. The fourth-order valence-electron chi connectivity index (χ4n) is 1.74. The maximum atomic E-state index is 13.4. The molecule has 0 aliphatic rings. The Bertz CT molecular complexity index is 538. The Morgan fingerprint density at radius 3 is 2.56 bits per heavy atom. The maximum absolute atomic E-state index is 13.4. The van der Waals surface area contributed by atoms with Gasteiger partial charge in [0, 0.05) is 5.56 Å². The van der Waals surface area contributed by atoms with Crippen LogP contribution in [0.1, 0.15) is 11.1 Å². The van der Waals surface area contributed by atoms with Crippen LogP contribution in [0, 0.1) is 12.7 Å². The number of halogens is 1. The quantitative estimate of drug-likeness (QED) is 0.818. The van der Waals surface area contributed by atoms with Crippen molar-refractivity contribution in [1.29, 1.82) is 0 Å². The molecular weight excluding hydrogens is 231 g/mol. The van der Waals surface area contributed by atoms with Gasteiger partial charge >= 0.3 is 0 Å². The number of methoxy groups -OCH3 is 1. The van der Waals surface area contributed by atoms with Crippen molar-refractivity contribution in [2.45, 2.75) is 13.5 Å². The van der Waals surface area contributed by atoms with Crippen LogP contribution in [-0.2, 0) is 6.61 Å². The van der Waals surface area contributed by atoms with E-state index in [2.05, 4.69) is 0 Å². The molecule has 2 aromatic rings. The number of para-hydroxylation sites is 1. The Balaban J connectivity index is 2.15. The lowest BCUT2D eigenvalue weighted by Gasteiger charge is -2.11. The van der Waals surface area contributed by atoms with Gasteiger partial charge in [-0.05, 0) is 31.2 Å². The molecule has 0 radical (unpaired) electrons. The standard InChI is InChI=1S/C15H15FO2/c1-11-7-8-14(17-2)12(9-11)10-18-15-6-4-3-5-13(15)16/h3-9H,10H2,1-2H3. The summed E-state index contributed by atoms with van der Waals surface area (Å²) in [5, 5.41) is 0. The summed E-state index contributed by atoms with van der Waals surface area (Å²) in [4.78, 5) is 0. The third-order valence-electron chi connectivity index (χ3n) is 2.66. The highest BCUT2D eigenvalue weighted by Gasteiger charge is 2.06. The highest BCUT2D eigenvalue weighted by atomic mass is 19.1. The molecule has 2 rings (SSSR count). The molecule has 2 aromatic carbocycles. The van der Waals surface area contributed by atoms with E-state index in [1.165, 1.54) is 6.07 Å². The van der Waals surface area contributed by atoms with Gasteiger partial charge in [0.2, 0.25) is 0 Å². The molecule has 3 heteroatoms. The second-order valence-electron chi connectivity index (χ2n) is 4.03. The van der Waals surface area contributed by atoms with Crippen molar-refractivity contribution < 1.29 is 13.9 Å². The van der Waals surface area contributed by atoms with Gasteiger partial charge in [-0.3, -0.25) is 0 Å². The van der Waals surface area contributed by atoms with Crippen molar-refractivity contribution in [3.8, 4) is 11.5 Å². The molecule has 0 aliphatic heterocycles. The summed E-state index contributed by atoms with van der Waals surface area (Å²) in [7, 11) is 1.61. The fourth-order valence-corrected chi connectivity index (χ4v) is 1.74. The molecule has 0 unspecified atom stereocenters. The van der Waals surface area contributed by atoms with Crippen LogP contribution < -0.4 is 9.47 Å². The van der Waals surface area contributed by atoms with E-state index >= 15 is 0 Å². The van der Waals surface area contributed by atoms with Crippen molar-refractivity contribution in [3.05, 3.63) is 59.4 Å². The van der Waals surface area contributed by atoms with Crippen molar-refractivity contribution in [2.24, 2.45) is 0 Å². The minimum Gasteiger partial charge on any atom is -0.496 e. The largest absolute Gasteiger partial charge is 0.496 e. The zero-order chi connectivity index (χ0) is 13.0. The Morgan fingerprint density at radius 1 is 1.06 bits per heavy atom. The second-order valence-corrected chi connectivity index (χ2v) is 4.03. The van der Waals surface area contributed by atoms with E-state index in [0.29, 0.717) is 0 Å². The van der Waals surface area contributed by atoms with Crippen LogP contribution in [0.3, 0.4) is 0 Å². The van der Waals surface area contributed by atoms with Gasteiger partial charge in [-0.15, -0.1) is 0 Å². The average molecular weight is 246 g/mol. The molecular formula is C15H15FO2. The summed E-state index contributed by atoms with van der Waals surface area (Å²) in [5.41, 5.74) is 2.02. The summed E-state index contributed by atoms with van der Waals surface area (Å²) < 4.78 is 24.1. The highest BCUT2D eigenvalue weighted by Crippen LogP contribution is 2.23. The van der Waals surface area contributed by atoms with Crippen molar-refractivity contribution in [2.75, 3.05) is 7.11 Å². The molecule has 0 saturated carbocycles. The number of rotatable bonds is 4. The molecule has 94 valence electrons. The second kappa shape index (κ2) is 5.54. The lowest BCUT2D eigenvalue weighted by molar-refractivity contribution is 0.282. The third-order valence-corrected chi connectivity index (χ3v) is 2.66. The molecule has 0 bridgehead atoms. The summed E-state index contributed by atoms with van der Waals surface area (Å²) >= 11 is 0. The Kier molecular flexibility index (Phi) is 3.82. The van der Waals surface area contributed by atoms with Gasteiger partial charge in [-0.25, -0.2) is 4.39 Å². The van der Waals surface area contributed by atoms with Crippen LogP contribution in [0.15, 0.2) is 42.5 Å². The molecule has 2 nitrogen and oxygen atoms in total. The van der Waals surface area contributed by atoms with Gasteiger partial charge in [0.25, 0.3) is 0 Å². The minimum atomic E-state index is -0.357. The van der Waals surface area contributed by atoms with E-state index in [4.69, 9.17) is 9.47 Å². The average Bonchev–Trinajstić information content (AvgIpc) is 2.38. The number of aryl methyl sites for hydroxylation is 1. The van der Waals surface area contributed by atoms with Crippen molar-refractivity contribution in [1.82, 2.24) is 0 Å². The van der Waals surface area contributed by atoms with Gasteiger partial charge in [-0.2, -0.15) is 0 Å². The predicted octanol–water partition coefficient (Wildman–Crippen LogP) is 3.72. The van der Waals surface area contributed by atoms with Crippen LogP contribution in [0.5, 0.6) is 11.5 Å². The van der Waals surface area contributed by atoms with E-state index in [0.717, 1.165) is 16.9 Å². The lowest BCUT2D eigenvalue weighted by Crippen LogP contribution is -2.00. The molecule has 0 heterocycles. The number of hydrogen-bond donors (Lipinski definition) is 0. The monoisotopic (exact) mass is 246 g/mol. The van der Waals surface area contributed by atoms with E-state index in [-0.39, 0.29) is 18.2 Å². The zero-order valence-electron chi connectivity index (χ0n) is 10.4. The Labute approximate surface area is 106 Å². The first-order valence-corrected chi connectivity index (χ1v) is 5.71. The molecule has 0 N–H and O–H groups in total. The van der Waals surface area contributed by atoms with Crippen LogP contribution in [0.4, 0.5) is 4.39 Å². The predicted molar refractivity (Wildman–Crippen MR) is 68.5 cm³/mol. The number of benzene rings is 2. The Hall–Kier alpha value is -2.03. The maximum Gasteiger partial charge on any atom is 0.165 e. The smallest absolute Gasteiger partial charge is 0.165 e. The first kappa shape index (κ1) is 12.4. The summed E-state index contributed by atoms with van der Waals surface area (Å²) in [6.07, 6.45) is 0. The molecule has 18 heavy (non-hydrogen) atoms. The van der Waals surface area contributed by atoms with Gasteiger partial charge in [0.15, 0.2) is 11.6 Å². The number of hydrogen-bond acceptors (Lipinski definition) is 2. The molecule has 0 saturated heterocycles.